The lowest BCUT2D eigenvalue weighted by Gasteiger charge is -2.07. The van der Waals surface area contributed by atoms with E-state index in [1.54, 1.807) is 24.4 Å². The summed E-state index contributed by atoms with van der Waals surface area (Å²) in [6.07, 6.45) is 1.05. The minimum absolute atomic E-state index is 0.624. The Hall–Kier alpha value is -0.900. The highest BCUT2D eigenvalue weighted by Crippen LogP contribution is 2.25. The molecule has 0 amide bonds. The van der Waals surface area contributed by atoms with Crippen LogP contribution in [0.4, 0.5) is 0 Å². The van der Waals surface area contributed by atoms with E-state index in [0.29, 0.717) is 5.02 Å². The van der Waals surface area contributed by atoms with E-state index in [1.807, 2.05) is 12.1 Å². The molecule has 1 aromatic carbocycles. The molecule has 0 radical (unpaired) electrons. The Kier molecular flexibility index (Phi) is 2.82. The summed E-state index contributed by atoms with van der Waals surface area (Å²) in [5.41, 5.74) is 0.793. The van der Waals surface area contributed by atoms with Crippen LogP contribution in [0, 0.1) is 0 Å². The molecule has 0 bridgehead atoms. The van der Waals surface area contributed by atoms with Gasteiger partial charge < -0.3 is 5.11 Å². The zero-order chi connectivity index (χ0) is 9.97. The van der Waals surface area contributed by atoms with Gasteiger partial charge in [0, 0.05) is 11.2 Å². The van der Waals surface area contributed by atoms with Crippen molar-refractivity contribution in [3.05, 3.63) is 52.0 Å². The van der Waals surface area contributed by atoms with Gasteiger partial charge >= 0.3 is 0 Å². The van der Waals surface area contributed by atoms with Crippen LogP contribution in [-0.2, 0) is 0 Å². The van der Waals surface area contributed by atoms with E-state index in [2.05, 4.69) is 4.37 Å². The van der Waals surface area contributed by atoms with Crippen LogP contribution in [0.2, 0.25) is 5.02 Å². The molecule has 1 N–H and O–H groups in total. The molecule has 1 atom stereocenters. The lowest BCUT2D eigenvalue weighted by molar-refractivity contribution is 0.224. The van der Waals surface area contributed by atoms with Crippen LogP contribution < -0.4 is 0 Å². The highest BCUT2D eigenvalue weighted by atomic mass is 35.5. The fourth-order valence-corrected chi connectivity index (χ4v) is 2.01. The molecular weight excluding hydrogens is 218 g/mol. The van der Waals surface area contributed by atoms with Gasteiger partial charge in [0.05, 0.1) is 4.88 Å². The molecule has 0 aliphatic heterocycles. The Morgan fingerprint density at radius 1 is 1.36 bits per heavy atom. The first-order chi connectivity index (χ1) is 6.77. The fraction of sp³-hybridized carbons (Fsp3) is 0.100. The largest absolute Gasteiger partial charge is 0.383 e. The van der Waals surface area contributed by atoms with Gasteiger partial charge in [-0.15, -0.1) is 0 Å². The second-order valence-corrected chi connectivity index (χ2v) is 4.17. The van der Waals surface area contributed by atoms with Crippen LogP contribution >= 0.6 is 23.1 Å². The first-order valence-electron chi connectivity index (χ1n) is 4.11. The maximum Gasteiger partial charge on any atom is 0.115 e. The van der Waals surface area contributed by atoms with Crippen molar-refractivity contribution < 1.29 is 5.11 Å². The summed E-state index contributed by atoms with van der Waals surface area (Å²) in [5.74, 6) is 0. The van der Waals surface area contributed by atoms with Gasteiger partial charge in [0.1, 0.15) is 6.10 Å². The summed E-state index contributed by atoms with van der Waals surface area (Å²) in [7, 11) is 0. The van der Waals surface area contributed by atoms with Gasteiger partial charge in [0.15, 0.2) is 0 Å². The van der Waals surface area contributed by atoms with E-state index in [1.165, 1.54) is 11.5 Å². The maximum absolute atomic E-state index is 9.92. The molecule has 0 aliphatic carbocycles. The van der Waals surface area contributed by atoms with Crippen LogP contribution in [0.3, 0.4) is 0 Å². The summed E-state index contributed by atoms with van der Waals surface area (Å²) in [5, 5.41) is 10.5. The molecular formula is C10H8ClNOS. The lowest BCUT2D eigenvalue weighted by atomic mass is 10.1. The molecule has 4 heteroatoms. The smallest absolute Gasteiger partial charge is 0.115 e. The normalized spacial score (nSPS) is 12.7. The minimum Gasteiger partial charge on any atom is -0.383 e. The summed E-state index contributed by atoms with van der Waals surface area (Å²) in [4.78, 5) is 0.826. The van der Waals surface area contributed by atoms with Crippen molar-refractivity contribution in [2.75, 3.05) is 0 Å². The SMILES string of the molecule is OC(c1cccc(Cl)c1)c1ccns1. The number of rotatable bonds is 2. The number of aromatic nitrogens is 1. The predicted molar refractivity (Wildman–Crippen MR) is 57.6 cm³/mol. The molecule has 2 aromatic rings. The third-order valence-corrected chi connectivity index (χ3v) is 2.92. The van der Waals surface area contributed by atoms with Crippen molar-refractivity contribution in [3.63, 3.8) is 0 Å². The number of aliphatic hydroxyl groups excluding tert-OH is 1. The minimum atomic E-state index is -0.624. The molecule has 14 heavy (non-hydrogen) atoms. The molecule has 0 saturated heterocycles. The van der Waals surface area contributed by atoms with Crippen LogP contribution in [-0.4, -0.2) is 9.48 Å². The molecule has 2 rings (SSSR count). The Bertz CT molecular complexity index is 416. The topological polar surface area (TPSA) is 33.1 Å². The van der Waals surface area contributed by atoms with E-state index in [4.69, 9.17) is 11.6 Å². The van der Waals surface area contributed by atoms with Crippen molar-refractivity contribution in [3.8, 4) is 0 Å². The van der Waals surface area contributed by atoms with E-state index in [-0.39, 0.29) is 0 Å². The van der Waals surface area contributed by atoms with Gasteiger partial charge in [-0.05, 0) is 35.3 Å². The van der Waals surface area contributed by atoms with Crippen molar-refractivity contribution in [2.24, 2.45) is 0 Å². The first-order valence-corrected chi connectivity index (χ1v) is 5.26. The summed E-state index contributed by atoms with van der Waals surface area (Å²) in [6, 6.07) is 9.00. The van der Waals surface area contributed by atoms with Gasteiger partial charge in [-0.3, -0.25) is 0 Å². The predicted octanol–water partition coefficient (Wildman–Crippen LogP) is 2.88. The van der Waals surface area contributed by atoms with Gasteiger partial charge in [0.25, 0.3) is 0 Å². The lowest BCUT2D eigenvalue weighted by Crippen LogP contribution is -1.96. The van der Waals surface area contributed by atoms with Gasteiger partial charge in [-0.2, -0.15) is 0 Å². The van der Waals surface area contributed by atoms with Crippen LogP contribution in [0.25, 0.3) is 0 Å². The molecule has 0 saturated carbocycles. The molecule has 72 valence electrons. The molecule has 1 unspecified atom stereocenters. The zero-order valence-corrected chi connectivity index (χ0v) is 8.79. The third kappa shape index (κ3) is 1.95. The number of nitrogens with zero attached hydrogens (tertiary/aromatic N) is 1. The number of aliphatic hydroxyl groups is 1. The maximum atomic E-state index is 9.92. The van der Waals surface area contributed by atoms with Crippen molar-refractivity contribution in [1.82, 2.24) is 4.37 Å². The Morgan fingerprint density at radius 3 is 2.86 bits per heavy atom. The van der Waals surface area contributed by atoms with Crippen molar-refractivity contribution in [2.45, 2.75) is 6.10 Å². The number of hydrogen-bond acceptors (Lipinski definition) is 3. The first kappa shape index (κ1) is 9.65. The summed E-state index contributed by atoms with van der Waals surface area (Å²) < 4.78 is 3.94. The van der Waals surface area contributed by atoms with E-state index < -0.39 is 6.10 Å². The van der Waals surface area contributed by atoms with Crippen molar-refractivity contribution in [1.29, 1.82) is 0 Å². The fourth-order valence-electron chi connectivity index (χ4n) is 1.21. The van der Waals surface area contributed by atoms with E-state index in [9.17, 15) is 5.11 Å². The molecule has 0 fully saturated rings. The average Bonchev–Trinajstić information content (AvgIpc) is 2.69. The molecule has 0 aliphatic rings. The number of halogens is 1. The molecule has 1 heterocycles. The van der Waals surface area contributed by atoms with Crippen LogP contribution in [0.15, 0.2) is 36.5 Å². The third-order valence-electron chi connectivity index (χ3n) is 1.89. The quantitative estimate of drug-likeness (QED) is 0.853. The summed E-state index contributed by atoms with van der Waals surface area (Å²) >= 11 is 7.12. The van der Waals surface area contributed by atoms with E-state index >= 15 is 0 Å². The van der Waals surface area contributed by atoms with Crippen LogP contribution in [0.5, 0.6) is 0 Å². The standard InChI is InChI=1S/C10H8ClNOS/c11-8-3-1-2-7(6-8)10(13)9-4-5-12-14-9/h1-6,10,13H. The van der Waals surface area contributed by atoms with Gasteiger partial charge in [-0.1, -0.05) is 23.7 Å². The summed E-state index contributed by atoms with van der Waals surface area (Å²) in [6.45, 7) is 0. The average molecular weight is 226 g/mol. The van der Waals surface area contributed by atoms with Crippen molar-refractivity contribution >= 4 is 23.1 Å². The zero-order valence-electron chi connectivity index (χ0n) is 7.22. The molecule has 0 spiro atoms. The number of hydrogen-bond donors (Lipinski definition) is 1. The Balaban J connectivity index is 2.32. The van der Waals surface area contributed by atoms with Crippen LogP contribution in [0.1, 0.15) is 16.5 Å². The Labute approximate surface area is 91.0 Å². The van der Waals surface area contributed by atoms with Gasteiger partial charge in [0.2, 0.25) is 0 Å². The second-order valence-electron chi connectivity index (χ2n) is 2.87. The molecule has 1 aromatic heterocycles. The number of benzene rings is 1. The second kappa shape index (κ2) is 4.09. The highest BCUT2D eigenvalue weighted by molar-refractivity contribution is 7.05. The van der Waals surface area contributed by atoms with Gasteiger partial charge in [-0.25, -0.2) is 4.37 Å². The monoisotopic (exact) mass is 225 g/mol. The Morgan fingerprint density at radius 2 is 2.21 bits per heavy atom. The highest BCUT2D eigenvalue weighted by Gasteiger charge is 2.11. The molecule has 2 nitrogen and oxygen atoms in total. The van der Waals surface area contributed by atoms with E-state index in [0.717, 1.165) is 10.4 Å².